The van der Waals surface area contributed by atoms with Crippen molar-refractivity contribution in [3.63, 3.8) is 0 Å². The molecule has 2 aliphatic rings. The van der Waals surface area contributed by atoms with Gasteiger partial charge >= 0.3 is 6.09 Å². The van der Waals surface area contributed by atoms with Crippen molar-refractivity contribution in [2.45, 2.75) is 64.1 Å². The molecule has 1 atom stereocenters. The molecule has 1 unspecified atom stereocenters. The van der Waals surface area contributed by atoms with E-state index < -0.39 is 5.72 Å². The predicted octanol–water partition coefficient (Wildman–Crippen LogP) is 4.73. The van der Waals surface area contributed by atoms with Crippen molar-refractivity contribution in [2.75, 3.05) is 13.2 Å². The Morgan fingerprint density at radius 2 is 1.92 bits per heavy atom. The average Bonchev–Trinajstić information content (AvgIpc) is 2.99. The molecule has 0 bridgehead atoms. The largest absolute Gasteiger partial charge is 0.449 e. The lowest BCUT2D eigenvalue weighted by Gasteiger charge is -2.36. The molecule has 0 radical (unpaired) electrons. The van der Waals surface area contributed by atoms with E-state index in [-0.39, 0.29) is 17.0 Å². The van der Waals surface area contributed by atoms with Crippen LogP contribution in [0.4, 0.5) is 4.79 Å². The summed E-state index contributed by atoms with van der Waals surface area (Å²) in [5.41, 5.74) is 1.70. The molecule has 0 spiro atoms. The van der Waals surface area contributed by atoms with Crippen LogP contribution >= 0.6 is 0 Å². The molecule has 25 heavy (non-hydrogen) atoms. The molecule has 4 heteroatoms. The van der Waals surface area contributed by atoms with E-state index in [2.05, 4.69) is 43.3 Å². The van der Waals surface area contributed by atoms with Gasteiger partial charge in [-0.1, -0.05) is 43.3 Å². The fourth-order valence-corrected chi connectivity index (χ4v) is 4.09. The molecular weight excluding hydrogens is 314 g/mol. The molecule has 1 aromatic rings. The minimum atomic E-state index is -0.625. The van der Waals surface area contributed by atoms with Gasteiger partial charge in [0.1, 0.15) is 5.72 Å². The van der Waals surface area contributed by atoms with Crippen LogP contribution in [0.15, 0.2) is 30.3 Å². The smallest absolute Gasteiger partial charge is 0.412 e. The highest BCUT2D eigenvalue weighted by atomic mass is 16.6. The Morgan fingerprint density at radius 3 is 2.60 bits per heavy atom. The first-order valence-electron chi connectivity index (χ1n) is 9.06. The third-order valence-corrected chi connectivity index (χ3v) is 5.38. The van der Waals surface area contributed by atoms with Gasteiger partial charge in [0.25, 0.3) is 0 Å². The van der Waals surface area contributed by atoms with Crippen LogP contribution in [-0.2, 0) is 14.9 Å². The number of amides is 1. The highest BCUT2D eigenvalue weighted by Gasteiger charge is 2.49. The highest BCUT2D eigenvalue weighted by molar-refractivity contribution is 5.70. The van der Waals surface area contributed by atoms with Crippen molar-refractivity contribution >= 4 is 12.2 Å². The lowest BCUT2D eigenvalue weighted by atomic mass is 9.81. The maximum Gasteiger partial charge on any atom is 0.412 e. The number of carbonyl (C=O) groups excluding carboxylic acids is 1. The van der Waals surface area contributed by atoms with Gasteiger partial charge in [-0.3, -0.25) is 4.90 Å². The second-order valence-electron chi connectivity index (χ2n) is 8.44. The minimum absolute atomic E-state index is 0.0261. The molecule has 1 saturated heterocycles. The van der Waals surface area contributed by atoms with Gasteiger partial charge in [0.15, 0.2) is 0 Å². The molecule has 4 nitrogen and oxygen atoms in total. The summed E-state index contributed by atoms with van der Waals surface area (Å²) in [6.07, 6.45) is 5.95. The van der Waals surface area contributed by atoms with Crippen LogP contribution in [0.2, 0.25) is 0 Å². The highest BCUT2D eigenvalue weighted by Crippen LogP contribution is 2.39. The summed E-state index contributed by atoms with van der Waals surface area (Å²) in [5.74, 6) is 0. The number of hydrogen-bond donors (Lipinski definition) is 0. The zero-order valence-electron chi connectivity index (χ0n) is 16.0. The SMILES string of the molecule is CC1(CCCOC(=O)N2C(C)(C)COC2(C)C)C=Cc2ccccc21. The Bertz CT molecular complexity index is 676. The van der Waals surface area contributed by atoms with Gasteiger partial charge in [-0.25, -0.2) is 4.79 Å². The van der Waals surface area contributed by atoms with Gasteiger partial charge in [-0.2, -0.15) is 0 Å². The summed E-state index contributed by atoms with van der Waals surface area (Å²) in [6.45, 7) is 11.0. The third kappa shape index (κ3) is 3.32. The quantitative estimate of drug-likeness (QED) is 0.742. The molecule has 1 amide bonds. The van der Waals surface area contributed by atoms with Gasteiger partial charge in [0, 0.05) is 5.41 Å². The number of fused-ring (bicyclic) bond motifs is 1. The minimum Gasteiger partial charge on any atom is -0.449 e. The van der Waals surface area contributed by atoms with Crippen LogP contribution < -0.4 is 0 Å². The maximum absolute atomic E-state index is 12.6. The molecule has 1 aliphatic heterocycles. The zero-order chi connectivity index (χ0) is 18.3. The first-order valence-corrected chi connectivity index (χ1v) is 9.06. The Labute approximate surface area is 150 Å². The summed E-state index contributed by atoms with van der Waals surface area (Å²) in [5, 5.41) is 0. The number of nitrogens with zero attached hydrogens (tertiary/aromatic N) is 1. The lowest BCUT2D eigenvalue weighted by Crippen LogP contribution is -2.52. The van der Waals surface area contributed by atoms with Crippen molar-refractivity contribution in [1.82, 2.24) is 4.90 Å². The Morgan fingerprint density at radius 1 is 1.20 bits per heavy atom. The van der Waals surface area contributed by atoms with E-state index in [1.807, 2.05) is 27.7 Å². The number of ether oxygens (including phenoxy) is 2. The van der Waals surface area contributed by atoms with Crippen LogP contribution in [0, 0.1) is 0 Å². The molecule has 1 aliphatic carbocycles. The Balaban J connectivity index is 1.54. The predicted molar refractivity (Wildman–Crippen MR) is 99.4 cm³/mol. The number of benzene rings is 1. The third-order valence-electron chi connectivity index (χ3n) is 5.38. The number of rotatable bonds is 4. The van der Waals surface area contributed by atoms with Crippen LogP contribution in [0.25, 0.3) is 6.08 Å². The first-order chi connectivity index (χ1) is 11.7. The fraction of sp³-hybridized carbons (Fsp3) is 0.571. The molecule has 0 N–H and O–H groups in total. The lowest BCUT2D eigenvalue weighted by molar-refractivity contribution is -0.0519. The van der Waals surface area contributed by atoms with E-state index in [0.29, 0.717) is 13.2 Å². The van der Waals surface area contributed by atoms with Crippen LogP contribution in [0.1, 0.15) is 58.6 Å². The van der Waals surface area contributed by atoms with Gasteiger partial charge in [0.2, 0.25) is 0 Å². The van der Waals surface area contributed by atoms with Crippen molar-refractivity contribution < 1.29 is 14.3 Å². The zero-order valence-corrected chi connectivity index (χ0v) is 16.0. The monoisotopic (exact) mass is 343 g/mol. The second kappa shape index (κ2) is 6.17. The standard InChI is InChI=1S/C21H29NO3/c1-19(2)15-25-20(3,4)22(19)18(23)24-14-8-12-21(5)13-11-16-9-6-7-10-17(16)21/h6-7,9-11,13H,8,12,14-15H2,1-5H3. The molecule has 1 aromatic carbocycles. The van der Waals surface area contributed by atoms with Crippen molar-refractivity contribution in [2.24, 2.45) is 0 Å². The van der Waals surface area contributed by atoms with Crippen molar-refractivity contribution in [3.8, 4) is 0 Å². The molecule has 3 rings (SSSR count). The molecular formula is C21H29NO3. The van der Waals surface area contributed by atoms with E-state index in [9.17, 15) is 4.79 Å². The van der Waals surface area contributed by atoms with Crippen LogP contribution in [0.3, 0.4) is 0 Å². The number of carbonyl (C=O) groups is 1. The summed E-state index contributed by atoms with van der Waals surface area (Å²) in [4.78, 5) is 14.3. The molecule has 136 valence electrons. The summed E-state index contributed by atoms with van der Waals surface area (Å²) < 4.78 is 11.3. The van der Waals surface area contributed by atoms with Gasteiger partial charge in [0.05, 0.1) is 18.8 Å². The fourth-order valence-electron chi connectivity index (χ4n) is 4.09. The second-order valence-corrected chi connectivity index (χ2v) is 8.44. The molecule has 0 aromatic heterocycles. The average molecular weight is 343 g/mol. The van der Waals surface area contributed by atoms with Gasteiger partial charge in [-0.15, -0.1) is 0 Å². The summed E-state index contributed by atoms with van der Waals surface area (Å²) in [6, 6.07) is 8.49. The number of allylic oxidation sites excluding steroid dienone is 1. The van der Waals surface area contributed by atoms with Crippen molar-refractivity contribution in [3.05, 3.63) is 41.5 Å². The van der Waals surface area contributed by atoms with Crippen LogP contribution in [0.5, 0.6) is 0 Å². The van der Waals surface area contributed by atoms with Gasteiger partial charge < -0.3 is 9.47 Å². The maximum atomic E-state index is 12.6. The summed E-state index contributed by atoms with van der Waals surface area (Å²) >= 11 is 0. The molecule has 1 heterocycles. The Kier molecular flexibility index (Phi) is 4.44. The summed E-state index contributed by atoms with van der Waals surface area (Å²) in [7, 11) is 0. The van der Waals surface area contributed by atoms with Crippen molar-refractivity contribution in [1.29, 1.82) is 0 Å². The first kappa shape index (κ1) is 18.0. The van der Waals surface area contributed by atoms with E-state index in [1.165, 1.54) is 11.1 Å². The number of hydrogen-bond acceptors (Lipinski definition) is 3. The molecule has 1 fully saturated rings. The normalized spacial score (nSPS) is 25.9. The van der Waals surface area contributed by atoms with E-state index in [4.69, 9.17) is 9.47 Å². The van der Waals surface area contributed by atoms with Crippen LogP contribution in [-0.4, -0.2) is 35.5 Å². The topological polar surface area (TPSA) is 38.8 Å². The Hall–Kier alpha value is -1.81. The van der Waals surface area contributed by atoms with E-state index in [1.54, 1.807) is 4.90 Å². The van der Waals surface area contributed by atoms with Gasteiger partial charge in [-0.05, 0) is 51.7 Å². The van der Waals surface area contributed by atoms with E-state index >= 15 is 0 Å². The molecule has 0 saturated carbocycles. The van der Waals surface area contributed by atoms with E-state index in [0.717, 1.165) is 12.8 Å².